The van der Waals surface area contributed by atoms with Crippen LogP contribution in [0.3, 0.4) is 0 Å². The number of hydrogen-bond donors (Lipinski definition) is 6. The molecule has 0 aliphatic heterocycles. The molecule has 1 heterocycles. The normalized spacial score (nSPS) is 16.0. The van der Waals surface area contributed by atoms with Gasteiger partial charge in [0.25, 0.3) is 0 Å². The number of imidazole rings is 1. The molecule has 2 amide bonds. The first-order valence-electron chi connectivity index (χ1n) is 6.96. The van der Waals surface area contributed by atoms with E-state index in [1.165, 1.54) is 26.4 Å². The average molecular weight is 327 g/mol. The van der Waals surface area contributed by atoms with Crippen LogP contribution in [0, 0.1) is 0 Å². The summed E-state index contributed by atoms with van der Waals surface area (Å²) < 4.78 is 0. The molecule has 0 saturated carbocycles. The number of H-pyrrole nitrogens is 1. The van der Waals surface area contributed by atoms with Gasteiger partial charge in [0, 0.05) is 18.3 Å². The van der Waals surface area contributed by atoms with E-state index in [4.69, 9.17) is 10.8 Å². The molecule has 7 N–H and O–H groups in total. The van der Waals surface area contributed by atoms with Crippen LogP contribution in [0.1, 0.15) is 19.5 Å². The molecular weight excluding hydrogens is 306 g/mol. The number of aromatic amines is 1. The second kappa shape index (κ2) is 8.25. The summed E-state index contributed by atoms with van der Waals surface area (Å²) in [6.45, 7) is 2.69. The van der Waals surface area contributed by atoms with Gasteiger partial charge in [0.1, 0.15) is 6.04 Å². The number of hydrogen-bond acceptors (Lipinski definition) is 6. The molecule has 10 heteroatoms. The lowest BCUT2D eigenvalue weighted by Gasteiger charge is -2.23. The van der Waals surface area contributed by atoms with Crippen LogP contribution in [-0.4, -0.2) is 62.2 Å². The molecule has 0 bridgehead atoms. The summed E-state index contributed by atoms with van der Waals surface area (Å²) in [4.78, 5) is 41.6. The quantitative estimate of drug-likeness (QED) is 0.312. The van der Waals surface area contributed by atoms with Crippen molar-refractivity contribution in [1.82, 2.24) is 20.6 Å². The Morgan fingerprint density at radius 3 is 2.39 bits per heavy atom. The number of aliphatic hydroxyl groups excluding tert-OH is 1. The lowest BCUT2D eigenvalue weighted by molar-refractivity contribution is -0.145. The van der Waals surface area contributed by atoms with Crippen LogP contribution in [0.15, 0.2) is 12.5 Å². The van der Waals surface area contributed by atoms with Crippen LogP contribution >= 0.6 is 0 Å². The maximum atomic E-state index is 12.3. The van der Waals surface area contributed by atoms with Crippen LogP contribution in [0.2, 0.25) is 0 Å². The minimum absolute atomic E-state index is 0.0659. The highest BCUT2D eigenvalue weighted by molar-refractivity contribution is 5.91. The molecule has 0 spiro atoms. The number of nitrogens with zero attached hydrogens (tertiary/aromatic N) is 1. The standard InChI is InChI=1S/C13H21N5O5/c1-6(14)11(20)17-9(3-8-4-15-5-16-8)12(21)18-10(7(2)19)13(22)23/h4-7,9-10,19H,3,14H2,1-2H3,(H,15,16)(H,17,20)(H,18,21)(H,22,23)/t6-,7+,9-,10-/m0/s1. The van der Waals surface area contributed by atoms with Crippen LogP contribution in [0.25, 0.3) is 0 Å². The fourth-order valence-electron chi connectivity index (χ4n) is 1.77. The summed E-state index contributed by atoms with van der Waals surface area (Å²) in [6, 6.07) is -3.38. The van der Waals surface area contributed by atoms with Gasteiger partial charge in [-0.15, -0.1) is 0 Å². The number of nitrogens with two attached hydrogens (primary N) is 1. The Kier molecular flexibility index (Phi) is 6.66. The Bertz CT molecular complexity index is 543. The molecule has 0 aliphatic carbocycles. The molecule has 0 unspecified atom stereocenters. The highest BCUT2D eigenvalue weighted by atomic mass is 16.4. The van der Waals surface area contributed by atoms with Gasteiger partial charge in [-0.2, -0.15) is 0 Å². The largest absolute Gasteiger partial charge is 0.480 e. The maximum Gasteiger partial charge on any atom is 0.328 e. The van der Waals surface area contributed by atoms with Gasteiger partial charge >= 0.3 is 5.97 Å². The van der Waals surface area contributed by atoms with Gasteiger partial charge in [-0.1, -0.05) is 0 Å². The smallest absolute Gasteiger partial charge is 0.328 e. The number of aliphatic carboxylic acids is 1. The highest BCUT2D eigenvalue weighted by Crippen LogP contribution is 2.02. The van der Waals surface area contributed by atoms with Gasteiger partial charge in [0.2, 0.25) is 11.8 Å². The zero-order valence-electron chi connectivity index (χ0n) is 12.8. The topological polar surface area (TPSA) is 170 Å². The van der Waals surface area contributed by atoms with E-state index >= 15 is 0 Å². The molecule has 10 nitrogen and oxygen atoms in total. The Hall–Kier alpha value is -2.46. The summed E-state index contributed by atoms with van der Waals surface area (Å²) in [5, 5.41) is 23.1. The summed E-state index contributed by atoms with van der Waals surface area (Å²) in [5.41, 5.74) is 6.03. The third-order valence-corrected chi connectivity index (χ3v) is 3.07. The summed E-state index contributed by atoms with van der Waals surface area (Å²) in [7, 11) is 0. The molecule has 0 fully saturated rings. The predicted molar refractivity (Wildman–Crippen MR) is 79.1 cm³/mol. The van der Waals surface area contributed by atoms with Crippen molar-refractivity contribution in [3.05, 3.63) is 18.2 Å². The van der Waals surface area contributed by atoms with Gasteiger partial charge in [-0.25, -0.2) is 9.78 Å². The molecule has 0 aliphatic rings. The molecule has 0 radical (unpaired) electrons. The third kappa shape index (κ3) is 5.68. The molecular formula is C13H21N5O5. The minimum atomic E-state index is -1.49. The number of amides is 2. The van der Waals surface area contributed by atoms with Crippen LogP contribution < -0.4 is 16.4 Å². The first-order chi connectivity index (χ1) is 10.7. The van der Waals surface area contributed by atoms with E-state index in [1.807, 2.05) is 0 Å². The predicted octanol–water partition coefficient (Wildman–Crippen LogP) is -2.27. The summed E-state index contributed by atoms with van der Waals surface area (Å²) in [6.07, 6.45) is 1.65. The number of carboxylic acid groups (broad SMARTS) is 1. The van der Waals surface area contributed by atoms with E-state index in [0.29, 0.717) is 5.69 Å². The maximum absolute atomic E-state index is 12.3. The number of nitrogens with one attached hydrogen (secondary N) is 3. The molecule has 0 aromatic carbocycles. The van der Waals surface area contributed by atoms with E-state index in [9.17, 15) is 19.5 Å². The van der Waals surface area contributed by atoms with Gasteiger partial charge in [-0.05, 0) is 13.8 Å². The molecule has 1 rings (SSSR count). The number of aliphatic hydroxyl groups is 1. The van der Waals surface area contributed by atoms with Crippen molar-refractivity contribution in [3.8, 4) is 0 Å². The third-order valence-electron chi connectivity index (χ3n) is 3.07. The summed E-state index contributed by atoms with van der Waals surface area (Å²) in [5.74, 6) is -2.69. The van der Waals surface area contributed by atoms with Crippen LogP contribution in [-0.2, 0) is 20.8 Å². The van der Waals surface area contributed by atoms with Gasteiger partial charge < -0.3 is 31.6 Å². The fraction of sp³-hybridized carbons (Fsp3) is 0.538. The highest BCUT2D eigenvalue weighted by Gasteiger charge is 2.30. The number of aromatic nitrogens is 2. The lowest BCUT2D eigenvalue weighted by Crippen LogP contribution is -2.56. The van der Waals surface area contributed by atoms with Crippen molar-refractivity contribution >= 4 is 17.8 Å². The molecule has 4 atom stereocenters. The van der Waals surface area contributed by atoms with Gasteiger partial charge in [0.15, 0.2) is 6.04 Å². The number of rotatable bonds is 8. The van der Waals surface area contributed by atoms with E-state index in [2.05, 4.69) is 20.6 Å². The van der Waals surface area contributed by atoms with Crippen LogP contribution in [0.5, 0.6) is 0 Å². The lowest BCUT2D eigenvalue weighted by atomic mass is 10.1. The van der Waals surface area contributed by atoms with Crippen molar-refractivity contribution in [3.63, 3.8) is 0 Å². The average Bonchev–Trinajstić information content (AvgIpc) is 2.95. The monoisotopic (exact) mass is 327 g/mol. The summed E-state index contributed by atoms with van der Waals surface area (Å²) >= 11 is 0. The van der Waals surface area contributed by atoms with Gasteiger partial charge in [-0.3, -0.25) is 9.59 Å². The Morgan fingerprint density at radius 1 is 1.30 bits per heavy atom. The first-order valence-corrected chi connectivity index (χ1v) is 6.96. The van der Waals surface area contributed by atoms with Crippen molar-refractivity contribution in [2.45, 2.75) is 44.5 Å². The fourth-order valence-corrected chi connectivity index (χ4v) is 1.77. The number of carboxylic acids is 1. The van der Waals surface area contributed by atoms with Crippen molar-refractivity contribution < 1.29 is 24.6 Å². The molecule has 1 aromatic rings. The number of carbonyl (C=O) groups excluding carboxylic acids is 2. The zero-order valence-corrected chi connectivity index (χ0v) is 12.8. The van der Waals surface area contributed by atoms with Crippen molar-refractivity contribution in [2.24, 2.45) is 5.73 Å². The zero-order chi connectivity index (χ0) is 17.6. The minimum Gasteiger partial charge on any atom is -0.480 e. The molecule has 1 aromatic heterocycles. The SMILES string of the molecule is C[C@H](N)C(=O)N[C@@H](Cc1cnc[nH]1)C(=O)N[C@H](C(=O)O)[C@@H](C)O. The molecule has 128 valence electrons. The van der Waals surface area contributed by atoms with Crippen molar-refractivity contribution in [2.75, 3.05) is 0 Å². The van der Waals surface area contributed by atoms with E-state index in [0.717, 1.165) is 0 Å². The van der Waals surface area contributed by atoms with Gasteiger partial charge in [0.05, 0.1) is 18.5 Å². The Labute approximate surface area is 132 Å². The van der Waals surface area contributed by atoms with E-state index in [1.54, 1.807) is 0 Å². The van der Waals surface area contributed by atoms with Crippen LogP contribution in [0.4, 0.5) is 0 Å². The Morgan fingerprint density at radius 2 is 1.96 bits per heavy atom. The van der Waals surface area contributed by atoms with E-state index < -0.39 is 42.0 Å². The first kappa shape index (κ1) is 18.6. The molecule has 23 heavy (non-hydrogen) atoms. The van der Waals surface area contributed by atoms with Crippen molar-refractivity contribution in [1.29, 1.82) is 0 Å². The Balaban J connectivity index is 2.86. The van der Waals surface area contributed by atoms with E-state index in [-0.39, 0.29) is 6.42 Å². The number of carbonyl (C=O) groups is 3. The molecule has 0 saturated heterocycles. The second-order valence-electron chi connectivity index (χ2n) is 5.20. The second-order valence-corrected chi connectivity index (χ2v) is 5.20.